The molecule has 1 saturated heterocycles. The fourth-order valence-corrected chi connectivity index (χ4v) is 3.92. The first kappa shape index (κ1) is 21.7. The minimum atomic E-state index is -0.303. The van der Waals surface area contributed by atoms with Gasteiger partial charge in [0.15, 0.2) is 5.65 Å². The van der Waals surface area contributed by atoms with Gasteiger partial charge < -0.3 is 14.8 Å². The summed E-state index contributed by atoms with van der Waals surface area (Å²) in [6.45, 7) is 6.20. The molecule has 3 aromatic rings. The van der Waals surface area contributed by atoms with Crippen molar-refractivity contribution in [2.75, 3.05) is 51.3 Å². The SMILES string of the molecule is O=c1[nH]nc2c(NCCCc3cccc(OCCCN4CCOCC4)c3)cc(Cl)cn12. The number of morpholine rings is 1. The lowest BCUT2D eigenvalue weighted by atomic mass is 10.1. The first-order valence-corrected chi connectivity index (χ1v) is 11.1. The van der Waals surface area contributed by atoms with Crippen LogP contribution in [0, 0.1) is 0 Å². The van der Waals surface area contributed by atoms with Crippen LogP contribution >= 0.6 is 11.6 Å². The molecule has 0 spiro atoms. The van der Waals surface area contributed by atoms with E-state index in [-0.39, 0.29) is 5.69 Å². The molecule has 2 N–H and O–H groups in total. The molecule has 9 heteroatoms. The summed E-state index contributed by atoms with van der Waals surface area (Å²) in [6.07, 6.45) is 4.41. The van der Waals surface area contributed by atoms with Gasteiger partial charge in [0.2, 0.25) is 0 Å². The average molecular weight is 446 g/mol. The molecule has 2 aromatic heterocycles. The molecule has 4 rings (SSSR count). The van der Waals surface area contributed by atoms with Gasteiger partial charge in [-0.15, -0.1) is 0 Å². The molecule has 0 aliphatic carbocycles. The summed E-state index contributed by atoms with van der Waals surface area (Å²) in [5, 5.41) is 10.3. The van der Waals surface area contributed by atoms with Crippen LogP contribution in [-0.4, -0.2) is 65.5 Å². The van der Waals surface area contributed by atoms with Crippen molar-refractivity contribution in [3.05, 3.63) is 57.6 Å². The molecule has 0 unspecified atom stereocenters. The number of H-pyrrole nitrogens is 1. The molecule has 1 aliphatic rings. The Balaban J connectivity index is 1.21. The van der Waals surface area contributed by atoms with Gasteiger partial charge >= 0.3 is 5.69 Å². The molecule has 166 valence electrons. The Kier molecular flexibility index (Phi) is 7.45. The van der Waals surface area contributed by atoms with Gasteiger partial charge in [0.05, 0.1) is 30.5 Å². The number of rotatable bonds is 10. The zero-order chi connectivity index (χ0) is 21.5. The first-order chi connectivity index (χ1) is 15.2. The number of halogens is 1. The molecule has 1 aromatic carbocycles. The van der Waals surface area contributed by atoms with Crippen LogP contribution in [0.15, 0.2) is 41.3 Å². The number of aromatic nitrogens is 3. The minimum absolute atomic E-state index is 0.303. The maximum absolute atomic E-state index is 11.7. The van der Waals surface area contributed by atoms with Gasteiger partial charge in [-0.2, -0.15) is 5.10 Å². The highest BCUT2D eigenvalue weighted by Gasteiger charge is 2.10. The van der Waals surface area contributed by atoms with Crippen molar-refractivity contribution in [3.8, 4) is 5.75 Å². The van der Waals surface area contributed by atoms with E-state index in [0.717, 1.165) is 76.7 Å². The summed E-state index contributed by atoms with van der Waals surface area (Å²) in [7, 11) is 0. The van der Waals surface area contributed by atoms with E-state index in [2.05, 4.69) is 32.5 Å². The lowest BCUT2D eigenvalue weighted by Gasteiger charge is -2.26. The largest absolute Gasteiger partial charge is 0.494 e. The number of anilines is 1. The van der Waals surface area contributed by atoms with Crippen LogP contribution < -0.4 is 15.7 Å². The van der Waals surface area contributed by atoms with Crippen LogP contribution in [0.25, 0.3) is 5.65 Å². The van der Waals surface area contributed by atoms with Gasteiger partial charge in [-0.25, -0.2) is 14.3 Å². The zero-order valence-corrected chi connectivity index (χ0v) is 18.2. The molecular weight excluding hydrogens is 418 g/mol. The fraction of sp³-hybridized carbons (Fsp3) is 0.455. The summed E-state index contributed by atoms with van der Waals surface area (Å²) < 4.78 is 12.7. The molecule has 0 bridgehead atoms. The van der Waals surface area contributed by atoms with Crippen LogP contribution in [-0.2, 0) is 11.2 Å². The highest BCUT2D eigenvalue weighted by Crippen LogP contribution is 2.20. The Labute approximate surface area is 186 Å². The summed E-state index contributed by atoms with van der Waals surface area (Å²) in [5.41, 5.74) is 2.21. The molecule has 0 atom stereocenters. The molecule has 3 heterocycles. The summed E-state index contributed by atoms with van der Waals surface area (Å²) in [6, 6.07) is 10.1. The van der Waals surface area contributed by atoms with Crippen LogP contribution in [0.3, 0.4) is 0 Å². The quantitative estimate of drug-likeness (QED) is 0.467. The van der Waals surface area contributed by atoms with Gasteiger partial charge in [0.25, 0.3) is 0 Å². The molecule has 0 saturated carbocycles. The number of aryl methyl sites for hydroxylation is 1. The fourth-order valence-electron chi connectivity index (χ4n) is 3.72. The van der Waals surface area contributed by atoms with E-state index in [4.69, 9.17) is 21.1 Å². The zero-order valence-electron chi connectivity index (χ0n) is 17.5. The third kappa shape index (κ3) is 6.00. The second kappa shape index (κ2) is 10.7. The standard InChI is InChI=1S/C22H28ClN5O3/c23-18-15-20(21-25-26-22(29)28(21)16-18)24-7-2-5-17-4-1-6-19(14-17)31-11-3-8-27-9-12-30-13-10-27/h1,4,6,14-16,24H,2-3,5,7-13H2,(H,26,29). The van der Waals surface area contributed by atoms with E-state index < -0.39 is 0 Å². The number of hydrogen-bond donors (Lipinski definition) is 2. The summed E-state index contributed by atoms with van der Waals surface area (Å²) in [4.78, 5) is 14.2. The Morgan fingerprint density at radius 2 is 2.10 bits per heavy atom. The maximum Gasteiger partial charge on any atom is 0.347 e. The first-order valence-electron chi connectivity index (χ1n) is 10.7. The van der Waals surface area contributed by atoms with Crippen molar-refractivity contribution in [1.29, 1.82) is 0 Å². The van der Waals surface area contributed by atoms with Crippen molar-refractivity contribution in [3.63, 3.8) is 0 Å². The number of hydrogen-bond acceptors (Lipinski definition) is 6. The lowest BCUT2D eigenvalue weighted by molar-refractivity contribution is 0.0358. The monoisotopic (exact) mass is 445 g/mol. The molecule has 1 fully saturated rings. The molecular formula is C22H28ClN5O3. The number of aromatic amines is 1. The third-order valence-corrected chi connectivity index (χ3v) is 5.53. The third-order valence-electron chi connectivity index (χ3n) is 5.33. The highest BCUT2D eigenvalue weighted by molar-refractivity contribution is 6.30. The van der Waals surface area contributed by atoms with Crippen LogP contribution in [0.5, 0.6) is 5.75 Å². The Morgan fingerprint density at radius 1 is 1.23 bits per heavy atom. The lowest BCUT2D eigenvalue weighted by Crippen LogP contribution is -2.37. The van der Waals surface area contributed by atoms with E-state index in [9.17, 15) is 4.79 Å². The van der Waals surface area contributed by atoms with E-state index in [1.54, 1.807) is 12.3 Å². The van der Waals surface area contributed by atoms with Crippen molar-refractivity contribution >= 4 is 22.9 Å². The second-order valence-electron chi connectivity index (χ2n) is 7.63. The normalized spacial score (nSPS) is 14.7. The number of benzene rings is 1. The molecule has 0 radical (unpaired) electrons. The average Bonchev–Trinajstić information content (AvgIpc) is 3.16. The summed E-state index contributed by atoms with van der Waals surface area (Å²) in [5.74, 6) is 0.917. The molecule has 31 heavy (non-hydrogen) atoms. The maximum atomic E-state index is 11.7. The van der Waals surface area contributed by atoms with Crippen LogP contribution in [0.2, 0.25) is 5.02 Å². The van der Waals surface area contributed by atoms with E-state index in [0.29, 0.717) is 10.7 Å². The molecule has 0 amide bonds. The van der Waals surface area contributed by atoms with Gasteiger partial charge in [-0.3, -0.25) is 4.90 Å². The van der Waals surface area contributed by atoms with Crippen LogP contribution in [0.4, 0.5) is 5.69 Å². The van der Waals surface area contributed by atoms with Crippen molar-refractivity contribution in [1.82, 2.24) is 19.5 Å². The predicted octanol–water partition coefficient (Wildman–Crippen LogP) is 2.82. The van der Waals surface area contributed by atoms with Gasteiger partial charge in [-0.05, 0) is 43.0 Å². The number of ether oxygens (including phenoxy) is 2. The second-order valence-corrected chi connectivity index (χ2v) is 8.06. The predicted molar refractivity (Wildman–Crippen MR) is 121 cm³/mol. The number of pyridine rings is 1. The number of nitrogens with zero attached hydrogens (tertiary/aromatic N) is 3. The molecule has 8 nitrogen and oxygen atoms in total. The minimum Gasteiger partial charge on any atom is -0.494 e. The number of nitrogens with one attached hydrogen (secondary N) is 2. The number of fused-ring (bicyclic) bond motifs is 1. The van der Waals surface area contributed by atoms with Crippen molar-refractivity contribution in [2.24, 2.45) is 0 Å². The molecule has 1 aliphatic heterocycles. The topological polar surface area (TPSA) is 83.9 Å². The smallest absolute Gasteiger partial charge is 0.347 e. The Hall–Kier alpha value is -2.55. The Bertz CT molecular complexity index is 1050. The van der Waals surface area contributed by atoms with Gasteiger partial charge in [0, 0.05) is 32.4 Å². The van der Waals surface area contributed by atoms with Crippen molar-refractivity contribution in [2.45, 2.75) is 19.3 Å². The van der Waals surface area contributed by atoms with Gasteiger partial charge in [-0.1, -0.05) is 23.7 Å². The van der Waals surface area contributed by atoms with E-state index >= 15 is 0 Å². The van der Waals surface area contributed by atoms with E-state index in [1.165, 1.54) is 9.96 Å². The summed E-state index contributed by atoms with van der Waals surface area (Å²) >= 11 is 6.11. The van der Waals surface area contributed by atoms with Crippen molar-refractivity contribution < 1.29 is 9.47 Å². The van der Waals surface area contributed by atoms with Crippen LogP contribution in [0.1, 0.15) is 18.4 Å². The van der Waals surface area contributed by atoms with Gasteiger partial charge in [0.1, 0.15) is 5.75 Å². The Morgan fingerprint density at radius 3 is 2.97 bits per heavy atom. The highest BCUT2D eigenvalue weighted by atomic mass is 35.5. The van der Waals surface area contributed by atoms with E-state index in [1.807, 2.05) is 12.1 Å².